The van der Waals surface area contributed by atoms with E-state index in [1.807, 2.05) is 0 Å². The van der Waals surface area contributed by atoms with Crippen molar-refractivity contribution in [2.24, 2.45) is 0 Å². The van der Waals surface area contributed by atoms with Gasteiger partial charge in [0, 0.05) is 11.8 Å². The zero-order valence-corrected chi connectivity index (χ0v) is 11.2. The number of alkyl halides is 3. The van der Waals surface area contributed by atoms with Gasteiger partial charge in [0.05, 0.1) is 26.9 Å². The molecule has 0 fully saturated rings. The van der Waals surface area contributed by atoms with Crippen molar-refractivity contribution in [3.63, 3.8) is 0 Å². The van der Waals surface area contributed by atoms with Crippen molar-refractivity contribution in [1.82, 2.24) is 4.98 Å². The molecule has 2 aromatic rings. The molecule has 1 aromatic heterocycles. The fourth-order valence-electron chi connectivity index (χ4n) is 1.61. The van der Waals surface area contributed by atoms with E-state index in [2.05, 4.69) is 4.98 Å². The topological polar surface area (TPSA) is 30.0 Å². The summed E-state index contributed by atoms with van der Waals surface area (Å²) >= 11 is 11.7. The number of hydrogen-bond acceptors (Lipinski definition) is 2. The average Bonchev–Trinajstić information content (AvgIpc) is 2.38. The van der Waals surface area contributed by atoms with E-state index in [1.165, 1.54) is 18.3 Å². The Bertz CT molecular complexity index is 654. The second-order valence-electron chi connectivity index (χ2n) is 3.88. The summed E-state index contributed by atoms with van der Waals surface area (Å²) in [6.45, 7) is 0. The molecule has 1 aromatic carbocycles. The Balaban J connectivity index is 2.50. The Morgan fingerprint density at radius 2 is 1.70 bits per heavy atom. The van der Waals surface area contributed by atoms with Crippen LogP contribution >= 0.6 is 23.2 Å². The van der Waals surface area contributed by atoms with E-state index in [0.29, 0.717) is 11.8 Å². The first kappa shape index (κ1) is 14.8. The number of halogens is 5. The maximum atomic E-state index is 12.5. The number of benzene rings is 1. The van der Waals surface area contributed by atoms with Crippen LogP contribution in [0.5, 0.6) is 0 Å². The van der Waals surface area contributed by atoms with Gasteiger partial charge in [0.1, 0.15) is 0 Å². The normalized spacial score (nSPS) is 11.4. The molecule has 7 heteroatoms. The smallest absolute Gasteiger partial charge is 0.298 e. The molecule has 2 rings (SSSR count). The second-order valence-corrected chi connectivity index (χ2v) is 4.66. The van der Waals surface area contributed by atoms with E-state index in [9.17, 15) is 18.0 Å². The summed E-state index contributed by atoms with van der Waals surface area (Å²) < 4.78 is 37.4. The lowest BCUT2D eigenvalue weighted by molar-refractivity contribution is -0.137. The lowest BCUT2D eigenvalue weighted by Gasteiger charge is -2.09. The van der Waals surface area contributed by atoms with Gasteiger partial charge in [0.15, 0.2) is 6.29 Å². The van der Waals surface area contributed by atoms with Crippen LogP contribution in [0.25, 0.3) is 11.3 Å². The predicted octanol–water partition coefficient (Wildman–Crippen LogP) is 4.89. The van der Waals surface area contributed by atoms with Crippen molar-refractivity contribution in [3.05, 3.63) is 51.6 Å². The molecule has 0 atom stereocenters. The molecule has 0 bridgehead atoms. The van der Waals surface area contributed by atoms with Crippen molar-refractivity contribution in [2.75, 3.05) is 0 Å². The number of pyridine rings is 1. The summed E-state index contributed by atoms with van der Waals surface area (Å²) in [5.41, 5.74) is -0.158. The zero-order valence-electron chi connectivity index (χ0n) is 9.71. The number of hydrogen-bond donors (Lipinski definition) is 0. The highest BCUT2D eigenvalue weighted by Gasteiger charge is 2.30. The van der Waals surface area contributed by atoms with Gasteiger partial charge >= 0.3 is 6.18 Å². The van der Waals surface area contributed by atoms with Gasteiger partial charge in [-0.1, -0.05) is 35.3 Å². The summed E-state index contributed by atoms with van der Waals surface area (Å²) in [6, 6.07) is 4.31. The molecule has 104 valence electrons. The molecular weight excluding hydrogens is 314 g/mol. The molecule has 20 heavy (non-hydrogen) atoms. The van der Waals surface area contributed by atoms with E-state index in [4.69, 9.17) is 23.2 Å². The number of aldehydes is 1. The Morgan fingerprint density at radius 1 is 1.10 bits per heavy atom. The summed E-state index contributed by atoms with van der Waals surface area (Å²) in [4.78, 5) is 14.8. The minimum atomic E-state index is -4.41. The van der Waals surface area contributed by atoms with Crippen molar-refractivity contribution in [2.45, 2.75) is 6.18 Å². The van der Waals surface area contributed by atoms with Crippen molar-refractivity contribution >= 4 is 29.5 Å². The van der Waals surface area contributed by atoms with Gasteiger partial charge in [-0.15, -0.1) is 0 Å². The highest BCUT2D eigenvalue weighted by molar-refractivity contribution is 6.39. The molecule has 0 amide bonds. The predicted molar refractivity (Wildman–Crippen MR) is 70.1 cm³/mol. The van der Waals surface area contributed by atoms with Crippen molar-refractivity contribution < 1.29 is 18.0 Å². The first-order chi connectivity index (χ1) is 9.34. The first-order valence-electron chi connectivity index (χ1n) is 5.31. The van der Waals surface area contributed by atoms with E-state index in [-0.39, 0.29) is 21.3 Å². The monoisotopic (exact) mass is 319 g/mol. The highest BCUT2D eigenvalue weighted by atomic mass is 35.5. The molecule has 0 saturated carbocycles. The standard InChI is InChI=1S/C13H6Cl2F3NO/c14-10-5-19-12(11(15)9(10)6-20)7-1-3-8(4-2-7)13(16,17)18/h1-6H. The van der Waals surface area contributed by atoms with E-state index < -0.39 is 11.7 Å². The van der Waals surface area contributed by atoms with Gasteiger partial charge in [-0.3, -0.25) is 9.78 Å². The molecular formula is C13H6Cl2F3NO. The van der Waals surface area contributed by atoms with Crippen LogP contribution < -0.4 is 0 Å². The van der Waals surface area contributed by atoms with Crippen molar-refractivity contribution in [1.29, 1.82) is 0 Å². The summed E-state index contributed by atoms with van der Waals surface area (Å²) in [7, 11) is 0. The minimum absolute atomic E-state index is 0.00672. The van der Waals surface area contributed by atoms with Gasteiger partial charge in [-0.2, -0.15) is 13.2 Å². The fourth-order valence-corrected chi connectivity index (χ4v) is 2.15. The lowest BCUT2D eigenvalue weighted by Crippen LogP contribution is -2.04. The molecule has 0 unspecified atom stereocenters. The molecule has 1 heterocycles. The molecule has 0 aliphatic carbocycles. The number of carbonyl (C=O) groups is 1. The maximum Gasteiger partial charge on any atom is 0.416 e. The third-order valence-corrected chi connectivity index (χ3v) is 3.30. The summed E-state index contributed by atoms with van der Waals surface area (Å²) in [5.74, 6) is 0. The second kappa shape index (κ2) is 5.42. The van der Waals surface area contributed by atoms with E-state index in [0.717, 1.165) is 12.1 Å². The van der Waals surface area contributed by atoms with Crippen LogP contribution in [0.3, 0.4) is 0 Å². The Hall–Kier alpha value is -1.59. The van der Waals surface area contributed by atoms with Crippen LogP contribution in [0.2, 0.25) is 10.0 Å². The number of aromatic nitrogens is 1. The van der Waals surface area contributed by atoms with Gasteiger partial charge in [0.25, 0.3) is 0 Å². The Kier molecular flexibility index (Phi) is 4.01. The Labute approximate surface area is 122 Å². The molecule has 0 spiro atoms. The third kappa shape index (κ3) is 2.78. The largest absolute Gasteiger partial charge is 0.416 e. The van der Waals surface area contributed by atoms with Crippen LogP contribution in [0.4, 0.5) is 13.2 Å². The number of carbonyl (C=O) groups excluding carboxylic acids is 1. The molecule has 0 aliphatic heterocycles. The molecule has 0 radical (unpaired) electrons. The van der Waals surface area contributed by atoms with Gasteiger partial charge < -0.3 is 0 Å². The highest BCUT2D eigenvalue weighted by Crippen LogP contribution is 2.34. The summed E-state index contributed by atoms with van der Waals surface area (Å²) in [6.07, 6.45) is -2.71. The van der Waals surface area contributed by atoms with Crippen molar-refractivity contribution in [3.8, 4) is 11.3 Å². The van der Waals surface area contributed by atoms with Crippen LogP contribution in [-0.2, 0) is 6.18 Å². The quantitative estimate of drug-likeness (QED) is 0.738. The maximum absolute atomic E-state index is 12.5. The minimum Gasteiger partial charge on any atom is -0.298 e. The fraction of sp³-hybridized carbons (Fsp3) is 0.0769. The van der Waals surface area contributed by atoms with Gasteiger partial charge in [0.2, 0.25) is 0 Å². The van der Waals surface area contributed by atoms with Crippen LogP contribution in [-0.4, -0.2) is 11.3 Å². The van der Waals surface area contributed by atoms with Gasteiger partial charge in [-0.25, -0.2) is 0 Å². The number of rotatable bonds is 2. The van der Waals surface area contributed by atoms with E-state index >= 15 is 0 Å². The van der Waals surface area contributed by atoms with Crippen LogP contribution in [0.1, 0.15) is 15.9 Å². The Morgan fingerprint density at radius 3 is 2.20 bits per heavy atom. The van der Waals surface area contributed by atoms with Gasteiger partial charge in [-0.05, 0) is 12.1 Å². The molecule has 0 N–H and O–H groups in total. The number of nitrogens with zero attached hydrogens (tertiary/aromatic N) is 1. The molecule has 2 nitrogen and oxygen atoms in total. The lowest BCUT2D eigenvalue weighted by atomic mass is 10.1. The third-order valence-electron chi connectivity index (χ3n) is 2.61. The first-order valence-corrected chi connectivity index (χ1v) is 6.07. The summed E-state index contributed by atoms with van der Waals surface area (Å²) in [5, 5.41) is 0.0907. The average molecular weight is 320 g/mol. The SMILES string of the molecule is O=Cc1c(Cl)cnc(-c2ccc(C(F)(F)F)cc2)c1Cl. The van der Waals surface area contributed by atoms with E-state index in [1.54, 1.807) is 0 Å². The van der Waals surface area contributed by atoms with Crippen LogP contribution in [0, 0.1) is 0 Å². The molecule has 0 aliphatic rings. The van der Waals surface area contributed by atoms with Crippen LogP contribution in [0.15, 0.2) is 30.5 Å². The molecule has 0 saturated heterocycles. The zero-order chi connectivity index (χ0) is 14.9.